The van der Waals surface area contributed by atoms with Crippen LogP contribution in [0.2, 0.25) is 0 Å². The van der Waals surface area contributed by atoms with Gasteiger partial charge in [0.05, 0.1) is 17.4 Å². The van der Waals surface area contributed by atoms with Crippen molar-refractivity contribution in [2.75, 3.05) is 6.54 Å². The summed E-state index contributed by atoms with van der Waals surface area (Å²) in [5, 5.41) is 14.1. The molecule has 0 radical (unpaired) electrons. The third-order valence-corrected chi connectivity index (χ3v) is 5.01. The molecule has 0 aliphatic heterocycles. The number of nitrogens with one attached hydrogen (secondary N) is 1. The van der Waals surface area contributed by atoms with Gasteiger partial charge in [-0.2, -0.15) is 13.2 Å². The van der Waals surface area contributed by atoms with Crippen LogP contribution in [0.4, 0.5) is 13.2 Å². The first-order valence-corrected chi connectivity index (χ1v) is 8.28. The normalized spacial score (nSPS) is 15.7. The highest BCUT2D eigenvalue weighted by atomic mass is 32.1. The van der Waals surface area contributed by atoms with Gasteiger partial charge in [-0.15, -0.1) is 11.3 Å². The molecule has 0 saturated heterocycles. The highest BCUT2D eigenvalue weighted by Gasteiger charge is 2.30. The predicted octanol–water partition coefficient (Wildman–Crippen LogP) is 3.47. The molecule has 23 heavy (non-hydrogen) atoms. The molecular weight excluding hydrogens is 325 g/mol. The van der Waals surface area contributed by atoms with Crippen LogP contribution < -0.4 is 5.32 Å². The lowest BCUT2D eigenvalue weighted by Gasteiger charge is -2.14. The molecule has 0 amide bonds. The Kier molecular flexibility index (Phi) is 4.70. The van der Waals surface area contributed by atoms with Gasteiger partial charge in [-0.25, -0.2) is 4.98 Å². The Morgan fingerprint density at radius 3 is 2.87 bits per heavy atom. The molecule has 2 aromatic rings. The lowest BCUT2D eigenvalue weighted by Crippen LogP contribution is -2.21. The van der Waals surface area contributed by atoms with Crippen molar-refractivity contribution >= 4 is 11.3 Å². The van der Waals surface area contributed by atoms with E-state index < -0.39 is 17.8 Å². The van der Waals surface area contributed by atoms with E-state index in [-0.39, 0.29) is 12.1 Å². The second-order valence-corrected chi connectivity index (χ2v) is 6.77. The summed E-state index contributed by atoms with van der Waals surface area (Å²) in [6.45, 7) is 0.708. The summed E-state index contributed by atoms with van der Waals surface area (Å²) in [6.07, 6.45) is -2.11. The SMILES string of the molecule is OC(CNCc1nc2c(s1)CCC2)c1cccc(C(F)(F)F)c1. The summed E-state index contributed by atoms with van der Waals surface area (Å²) in [6, 6.07) is 4.80. The van der Waals surface area contributed by atoms with E-state index in [2.05, 4.69) is 10.3 Å². The van der Waals surface area contributed by atoms with Gasteiger partial charge in [-0.05, 0) is 37.0 Å². The zero-order chi connectivity index (χ0) is 16.4. The predicted molar refractivity (Wildman–Crippen MR) is 82.2 cm³/mol. The van der Waals surface area contributed by atoms with Crippen LogP contribution in [0, 0.1) is 0 Å². The zero-order valence-electron chi connectivity index (χ0n) is 12.4. The summed E-state index contributed by atoms with van der Waals surface area (Å²) >= 11 is 1.67. The number of benzene rings is 1. The fraction of sp³-hybridized carbons (Fsp3) is 0.438. The molecule has 7 heteroatoms. The average molecular weight is 342 g/mol. The number of aryl methyl sites for hydroxylation is 2. The van der Waals surface area contributed by atoms with Crippen LogP contribution in [0.5, 0.6) is 0 Å². The van der Waals surface area contributed by atoms with E-state index in [1.165, 1.54) is 22.7 Å². The van der Waals surface area contributed by atoms with Crippen LogP contribution in [0.1, 0.15) is 39.2 Å². The number of hydrogen-bond acceptors (Lipinski definition) is 4. The summed E-state index contributed by atoms with van der Waals surface area (Å²) < 4.78 is 38.0. The Bertz CT molecular complexity index is 663. The van der Waals surface area contributed by atoms with Gasteiger partial charge in [0.2, 0.25) is 0 Å². The monoisotopic (exact) mass is 342 g/mol. The van der Waals surface area contributed by atoms with Crippen LogP contribution in [0.15, 0.2) is 24.3 Å². The van der Waals surface area contributed by atoms with Crippen molar-refractivity contribution in [3.63, 3.8) is 0 Å². The van der Waals surface area contributed by atoms with Crippen molar-refractivity contribution in [2.24, 2.45) is 0 Å². The quantitative estimate of drug-likeness (QED) is 0.874. The molecule has 0 spiro atoms. The van der Waals surface area contributed by atoms with Gasteiger partial charge in [0.1, 0.15) is 5.01 Å². The van der Waals surface area contributed by atoms with Crippen LogP contribution in [-0.2, 0) is 25.6 Å². The molecule has 1 heterocycles. The largest absolute Gasteiger partial charge is 0.416 e. The zero-order valence-corrected chi connectivity index (χ0v) is 13.2. The standard InChI is InChI=1S/C16H17F3N2OS/c17-16(18,19)11-4-1-3-10(7-11)13(22)8-20-9-15-21-12-5-2-6-14(12)23-15/h1,3-4,7,13,20,22H,2,5-6,8-9H2. The number of rotatable bonds is 5. The van der Waals surface area contributed by atoms with Crippen LogP contribution in [0.3, 0.4) is 0 Å². The van der Waals surface area contributed by atoms with Crippen molar-refractivity contribution < 1.29 is 18.3 Å². The first-order chi connectivity index (χ1) is 10.9. The molecule has 3 nitrogen and oxygen atoms in total. The third kappa shape index (κ3) is 3.91. The van der Waals surface area contributed by atoms with Crippen LogP contribution in [-0.4, -0.2) is 16.6 Å². The highest BCUT2D eigenvalue weighted by molar-refractivity contribution is 7.11. The first kappa shape index (κ1) is 16.4. The van der Waals surface area contributed by atoms with Crippen molar-refractivity contribution in [1.82, 2.24) is 10.3 Å². The fourth-order valence-electron chi connectivity index (χ4n) is 2.68. The number of aliphatic hydroxyl groups excluding tert-OH is 1. The second kappa shape index (κ2) is 6.59. The van der Waals surface area contributed by atoms with Gasteiger partial charge in [0, 0.05) is 18.0 Å². The number of fused-ring (bicyclic) bond motifs is 1. The Hall–Kier alpha value is -1.44. The van der Waals surface area contributed by atoms with Crippen molar-refractivity contribution in [3.05, 3.63) is 51.0 Å². The Labute approximate surface area is 136 Å². The van der Waals surface area contributed by atoms with E-state index >= 15 is 0 Å². The van der Waals surface area contributed by atoms with Crippen LogP contribution in [0.25, 0.3) is 0 Å². The smallest absolute Gasteiger partial charge is 0.387 e. The van der Waals surface area contributed by atoms with E-state index in [1.54, 1.807) is 11.3 Å². The maximum atomic E-state index is 12.7. The number of halogens is 3. The molecule has 2 N–H and O–H groups in total. The molecule has 1 aromatic heterocycles. The summed E-state index contributed by atoms with van der Waals surface area (Å²) in [5.41, 5.74) is 0.685. The van der Waals surface area contributed by atoms with Gasteiger partial charge >= 0.3 is 6.18 Å². The van der Waals surface area contributed by atoms with Crippen molar-refractivity contribution in [2.45, 2.75) is 38.1 Å². The molecule has 1 atom stereocenters. The minimum atomic E-state index is -4.40. The number of aliphatic hydroxyl groups is 1. The Balaban J connectivity index is 1.55. The van der Waals surface area contributed by atoms with Crippen LogP contribution >= 0.6 is 11.3 Å². The van der Waals surface area contributed by atoms with Gasteiger partial charge in [-0.1, -0.05) is 12.1 Å². The van der Waals surface area contributed by atoms with Crippen molar-refractivity contribution in [3.8, 4) is 0 Å². The fourth-order valence-corrected chi connectivity index (χ4v) is 3.80. The topological polar surface area (TPSA) is 45.1 Å². The van der Waals surface area contributed by atoms with E-state index in [9.17, 15) is 18.3 Å². The molecular formula is C16H17F3N2OS. The number of alkyl halides is 3. The molecule has 0 saturated carbocycles. The maximum Gasteiger partial charge on any atom is 0.416 e. The lowest BCUT2D eigenvalue weighted by atomic mass is 10.1. The van der Waals surface area contributed by atoms with Gasteiger partial charge in [0.25, 0.3) is 0 Å². The minimum absolute atomic E-state index is 0.186. The van der Waals surface area contributed by atoms with E-state index in [4.69, 9.17) is 0 Å². The number of aromatic nitrogens is 1. The summed E-state index contributed by atoms with van der Waals surface area (Å²) in [5.74, 6) is 0. The number of hydrogen-bond donors (Lipinski definition) is 2. The Morgan fingerprint density at radius 1 is 1.30 bits per heavy atom. The minimum Gasteiger partial charge on any atom is -0.387 e. The van der Waals surface area contributed by atoms with Crippen molar-refractivity contribution in [1.29, 1.82) is 0 Å². The summed E-state index contributed by atoms with van der Waals surface area (Å²) in [4.78, 5) is 5.87. The van der Waals surface area contributed by atoms with Gasteiger partial charge in [-0.3, -0.25) is 0 Å². The molecule has 124 valence electrons. The lowest BCUT2D eigenvalue weighted by molar-refractivity contribution is -0.137. The van der Waals surface area contributed by atoms with Gasteiger partial charge < -0.3 is 10.4 Å². The van der Waals surface area contributed by atoms with E-state index in [0.29, 0.717) is 6.54 Å². The van der Waals surface area contributed by atoms with E-state index in [0.717, 1.165) is 36.4 Å². The Morgan fingerprint density at radius 2 is 2.13 bits per heavy atom. The maximum absolute atomic E-state index is 12.7. The third-order valence-electron chi connectivity index (χ3n) is 3.85. The molecule has 1 aliphatic carbocycles. The molecule has 1 aliphatic rings. The molecule has 0 fully saturated rings. The first-order valence-electron chi connectivity index (χ1n) is 7.47. The molecule has 3 rings (SSSR count). The number of nitrogens with zero attached hydrogens (tertiary/aromatic N) is 1. The molecule has 1 aromatic carbocycles. The summed E-state index contributed by atoms with van der Waals surface area (Å²) in [7, 11) is 0. The number of thiazole rings is 1. The van der Waals surface area contributed by atoms with Gasteiger partial charge in [0.15, 0.2) is 0 Å². The second-order valence-electron chi connectivity index (χ2n) is 5.60. The van der Waals surface area contributed by atoms with E-state index in [1.807, 2.05) is 0 Å². The average Bonchev–Trinajstić information content (AvgIpc) is 3.07. The highest BCUT2D eigenvalue weighted by Crippen LogP contribution is 2.31. The molecule has 1 unspecified atom stereocenters. The molecule has 0 bridgehead atoms.